The van der Waals surface area contributed by atoms with Crippen molar-refractivity contribution in [3.8, 4) is 11.5 Å². The molecular formula is C16H14FNO2. The standard InChI is InChI=1S/C16H14FNO2/c17-12-3-1-10(2-4-12)14-8-18-7-11-5-15-16(6-13(11)14)20-9-19-15/h1-6,14,18H,7-9H2. The monoisotopic (exact) mass is 271 g/mol. The summed E-state index contributed by atoms with van der Waals surface area (Å²) in [5, 5.41) is 3.41. The first kappa shape index (κ1) is 11.7. The largest absolute Gasteiger partial charge is 0.454 e. The van der Waals surface area contributed by atoms with Crippen LogP contribution < -0.4 is 14.8 Å². The average Bonchev–Trinajstić information content (AvgIpc) is 2.92. The fourth-order valence-corrected chi connectivity index (χ4v) is 2.93. The van der Waals surface area contributed by atoms with Gasteiger partial charge in [0.1, 0.15) is 5.82 Å². The molecule has 0 spiro atoms. The molecule has 2 aliphatic rings. The summed E-state index contributed by atoms with van der Waals surface area (Å²) < 4.78 is 24.0. The zero-order chi connectivity index (χ0) is 13.5. The van der Waals surface area contributed by atoms with E-state index in [1.807, 2.05) is 18.2 Å². The summed E-state index contributed by atoms with van der Waals surface area (Å²) >= 11 is 0. The van der Waals surface area contributed by atoms with Gasteiger partial charge >= 0.3 is 0 Å². The minimum absolute atomic E-state index is 0.205. The molecule has 0 bridgehead atoms. The Morgan fingerprint density at radius 2 is 1.80 bits per heavy atom. The number of halogens is 1. The van der Waals surface area contributed by atoms with Crippen molar-refractivity contribution in [3.05, 3.63) is 58.9 Å². The molecule has 0 radical (unpaired) electrons. The van der Waals surface area contributed by atoms with Crippen molar-refractivity contribution >= 4 is 0 Å². The number of nitrogens with one attached hydrogen (secondary N) is 1. The van der Waals surface area contributed by atoms with Gasteiger partial charge in [0, 0.05) is 19.0 Å². The molecule has 2 aromatic carbocycles. The maximum atomic E-state index is 13.1. The SMILES string of the molecule is Fc1ccc(C2CNCc3cc4c(cc32)OCO4)cc1. The van der Waals surface area contributed by atoms with Crippen LogP contribution in [0.25, 0.3) is 0 Å². The number of rotatable bonds is 1. The highest BCUT2D eigenvalue weighted by Gasteiger charge is 2.25. The summed E-state index contributed by atoms with van der Waals surface area (Å²) in [5.41, 5.74) is 3.56. The van der Waals surface area contributed by atoms with Gasteiger partial charge in [-0.05, 0) is 41.0 Å². The fourth-order valence-electron chi connectivity index (χ4n) is 2.93. The Morgan fingerprint density at radius 3 is 2.60 bits per heavy atom. The van der Waals surface area contributed by atoms with E-state index in [0.717, 1.165) is 30.2 Å². The summed E-state index contributed by atoms with van der Waals surface area (Å²) in [6.45, 7) is 1.95. The lowest BCUT2D eigenvalue weighted by Gasteiger charge is -2.27. The van der Waals surface area contributed by atoms with E-state index >= 15 is 0 Å². The van der Waals surface area contributed by atoms with E-state index in [9.17, 15) is 4.39 Å². The van der Waals surface area contributed by atoms with Gasteiger partial charge in [-0.2, -0.15) is 0 Å². The van der Waals surface area contributed by atoms with E-state index < -0.39 is 0 Å². The molecule has 20 heavy (non-hydrogen) atoms. The molecule has 3 nitrogen and oxygen atoms in total. The molecule has 102 valence electrons. The van der Waals surface area contributed by atoms with Gasteiger partial charge in [0.15, 0.2) is 11.5 Å². The van der Waals surface area contributed by atoms with Gasteiger partial charge in [0.25, 0.3) is 0 Å². The lowest BCUT2D eigenvalue weighted by atomic mass is 9.85. The van der Waals surface area contributed by atoms with Gasteiger partial charge in [-0.25, -0.2) is 4.39 Å². The number of fused-ring (bicyclic) bond motifs is 2. The average molecular weight is 271 g/mol. The number of hydrogen-bond acceptors (Lipinski definition) is 3. The maximum Gasteiger partial charge on any atom is 0.231 e. The summed E-state index contributed by atoms with van der Waals surface area (Å²) in [6.07, 6.45) is 0. The molecule has 0 aromatic heterocycles. The predicted octanol–water partition coefficient (Wildman–Crippen LogP) is 2.79. The summed E-state index contributed by atoms with van der Waals surface area (Å²) in [7, 11) is 0. The third-order valence-corrected chi connectivity index (χ3v) is 3.95. The molecule has 0 saturated heterocycles. The third-order valence-electron chi connectivity index (χ3n) is 3.95. The molecule has 0 amide bonds. The van der Waals surface area contributed by atoms with Crippen molar-refractivity contribution < 1.29 is 13.9 Å². The lowest BCUT2D eigenvalue weighted by molar-refractivity contribution is 0.174. The molecule has 1 N–H and O–H groups in total. The Morgan fingerprint density at radius 1 is 1.05 bits per heavy atom. The van der Waals surface area contributed by atoms with Gasteiger partial charge in [0.2, 0.25) is 6.79 Å². The molecular weight excluding hydrogens is 257 g/mol. The predicted molar refractivity (Wildman–Crippen MR) is 72.5 cm³/mol. The molecule has 0 fully saturated rings. The van der Waals surface area contributed by atoms with Crippen molar-refractivity contribution in [1.82, 2.24) is 5.32 Å². The Bertz CT molecular complexity index is 654. The first-order valence-electron chi connectivity index (χ1n) is 6.70. The molecule has 4 heteroatoms. The second-order valence-electron chi connectivity index (χ2n) is 5.14. The van der Waals surface area contributed by atoms with E-state index in [4.69, 9.17) is 9.47 Å². The van der Waals surface area contributed by atoms with Crippen LogP contribution in [0, 0.1) is 5.82 Å². The topological polar surface area (TPSA) is 30.5 Å². The van der Waals surface area contributed by atoms with E-state index in [0.29, 0.717) is 0 Å². The van der Waals surface area contributed by atoms with E-state index in [1.165, 1.54) is 23.3 Å². The van der Waals surface area contributed by atoms with Crippen LogP contribution in [0.15, 0.2) is 36.4 Å². The van der Waals surface area contributed by atoms with Gasteiger partial charge in [-0.1, -0.05) is 12.1 Å². The summed E-state index contributed by atoms with van der Waals surface area (Å²) in [6, 6.07) is 10.8. The van der Waals surface area contributed by atoms with Crippen molar-refractivity contribution in [3.63, 3.8) is 0 Å². The van der Waals surface area contributed by atoms with Crippen LogP contribution in [-0.2, 0) is 6.54 Å². The molecule has 1 unspecified atom stereocenters. The highest BCUT2D eigenvalue weighted by atomic mass is 19.1. The molecule has 2 heterocycles. The highest BCUT2D eigenvalue weighted by Crippen LogP contribution is 2.40. The lowest BCUT2D eigenvalue weighted by Crippen LogP contribution is -2.28. The van der Waals surface area contributed by atoms with Crippen LogP contribution in [0.4, 0.5) is 4.39 Å². The minimum atomic E-state index is -0.205. The van der Waals surface area contributed by atoms with Crippen molar-refractivity contribution in [2.24, 2.45) is 0 Å². The van der Waals surface area contributed by atoms with Crippen LogP contribution in [0.1, 0.15) is 22.6 Å². The quantitative estimate of drug-likeness (QED) is 0.865. The third kappa shape index (κ3) is 1.84. The van der Waals surface area contributed by atoms with Gasteiger partial charge in [0.05, 0.1) is 0 Å². The zero-order valence-electron chi connectivity index (χ0n) is 10.9. The van der Waals surface area contributed by atoms with E-state index in [1.54, 1.807) is 0 Å². The Balaban J connectivity index is 1.79. The van der Waals surface area contributed by atoms with Gasteiger partial charge in [-0.15, -0.1) is 0 Å². The Labute approximate surface area is 116 Å². The molecule has 2 aliphatic heterocycles. The van der Waals surface area contributed by atoms with Crippen LogP contribution in [0.3, 0.4) is 0 Å². The second-order valence-corrected chi connectivity index (χ2v) is 5.14. The van der Waals surface area contributed by atoms with E-state index in [-0.39, 0.29) is 18.5 Å². The summed E-state index contributed by atoms with van der Waals surface area (Å²) in [5.74, 6) is 1.63. The second kappa shape index (κ2) is 4.49. The van der Waals surface area contributed by atoms with Crippen molar-refractivity contribution in [2.75, 3.05) is 13.3 Å². The Kier molecular flexibility index (Phi) is 2.63. The molecule has 0 aliphatic carbocycles. The zero-order valence-corrected chi connectivity index (χ0v) is 10.9. The summed E-state index contributed by atoms with van der Waals surface area (Å²) in [4.78, 5) is 0. The van der Waals surface area contributed by atoms with Crippen LogP contribution in [0.2, 0.25) is 0 Å². The highest BCUT2D eigenvalue weighted by molar-refractivity contribution is 5.52. The van der Waals surface area contributed by atoms with Gasteiger partial charge in [-0.3, -0.25) is 0 Å². The first-order chi connectivity index (χ1) is 9.81. The molecule has 2 aromatic rings. The van der Waals surface area contributed by atoms with Crippen LogP contribution in [-0.4, -0.2) is 13.3 Å². The molecule has 4 rings (SSSR count). The maximum absolute atomic E-state index is 13.1. The normalized spacial score (nSPS) is 19.8. The first-order valence-corrected chi connectivity index (χ1v) is 6.70. The Hall–Kier alpha value is -2.07. The van der Waals surface area contributed by atoms with E-state index in [2.05, 4.69) is 11.4 Å². The van der Waals surface area contributed by atoms with Crippen molar-refractivity contribution in [2.45, 2.75) is 12.5 Å². The number of hydrogen-bond donors (Lipinski definition) is 1. The van der Waals surface area contributed by atoms with Crippen LogP contribution >= 0.6 is 0 Å². The number of ether oxygens (including phenoxy) is 2. The molecule has 1 atom stereocenters. The fraction of sp³-hybridized carbons (Fsp3) is 0.250. The molecule has 0 saturated carbocycles. The van der Waals surface area contributed by atoms with Crippen molar-refractivity contribution in [1.29, 1.82) is 0 Å². The minimum Gasteiger partial charge on any atom is -0.454 e. The number of benzene rings is 2. The smallest absolute Gasteiger partial charge is 0.231 e. The van der Waals surface area contributed by atoms with Crippen LogP contribution in [0.5, 0.6) is 11.5 Å². The van der Waals surface area contributed by atoms with Gasteiger partial charge < -0.3 is 14.8 Å².